The SMILES string of the molecule is Cc1nc(C(=O)NC(C)Cn2ccc(-c3ccc(C#N)c(Cl)c3)n2)cn1C. The Morgan fingerprint density at radius 3 is 2.81 bits per heavy atom. The Hall–Kier alpha value is -3.11. The molecule has 138 valence electrons. The number of hydrogen-bond donors (Lipinski definition) is 1. The van der Waals surface area contributed by atoms with Crippen LogP contribution in [0.15, 0.2) is 36.7 Å². The highest BCUT2D eigenvalue weighted by molar-refractivity contribution is 6.32. The summed E-state index contributed by atoms with van der Waals surface area (Å²) in [5, 5.41) is 16.8. The molecule has 0 aliphatic carbocycles. The first-order chi connectivity index (χ1) is 12.9. The van der Waals surface area contributed by atoms with Crippen LogP contribution in [0.25, 0.3) is 11.3 Å². The van der Waals surface area contributed by atoms with Crippen LogP contribution in [0.5, 0.6) is 0 Å². The smallest absolute Gasteiger partial charge is 0.271 e. The third kappa shape index (κ3) is 4.18. The lowest BCUT2D eigenvalue weighted by molar-refractivity contribution is 0.0931. The molecule has 1 amide bonds. The van der Waals surface area contributed by atoms with E-state index in [0.29, 0.717) is 22.8 Å². The molecule has 0 saturated heterocycles. The lowest BCUT2D eigenvalue weighted by Gasteiger charge is -2.13. The highest BCUT2D eigenvalue weighted by atomic mass is 35.5. The Kier molecular flexibility index (Phi) is 5.28. The summed E-state index contributed by atoms with van der Waals surface area (Å²) < 4.78 is 3.57. The van der Waals surface area contributed by atoms with Crippen molar-refractivity contribution in [1.29, 1.82) is 5.26 Å². The second-order valence-electron chi connectivity index (χ2n) is 6.39. The van der Waals surface area contributed by atoms with Gasteiger partial charge in [0, 0.05) is 31.0 Å². The number of rotatable bonds is 5. The van der Waals surface area contributed by atoms with Gasteiger partial charge < -0.3 is 9.88 Å². The standard InChI is InChI=1S/C19H19ClN6O/c1-12(22-19(27)18-11-25(3)13(2)23-18)10-26-7-6-17(24-26)14-4-5-15(9-21)16(20)8-14/h4-8,11-12H,10H2,1-3H3,(H,22,27). The molecule has 0 aliphatic rings. The molecular formula is C19H19ClN6O. The van der Waals surface area contributed by atoms with Crippen molar-refractivity contribution in [1.82, 2.24) is 24.6 Å². The Balaban J connectivity index is 1.65. The van der Waals surface area contributed by atoms with E-state index in [0.717, 1.165) is 17.1 Å². The fourth-order valence-corrected chi connectivity index (χ4v) is 2.90. The number of hydrogen-bond acceptors (Lipinski definition) is 4. The Labute approximate surface area is 162 Å². The largest absolute Gasteiger partial charge is 0.346 e. The van der Waals surface area contributed by atoms with E-state index in [-0.39, 0.29) is 11.9 Å². The number of nitrogens with one attached hydrogen (secondary N) is 1. The molecule has 0 aliphatic heterocycles. The van der Waals surface area contributed by atoms with Crippen molar-refractivity contribution < 1.29 is 4.79 Å². The van der Waals surface area contributed by atoms with Gasteiger partial charge in [-0.3, -0.25) is 9.48 Å². The molecule has 2 heterocycles. The molecule has 8 heteroatoms. The average Bonchev–Trinajstić information content (AvgIpc) is 3.21. The third-order valence-corrected chi connectivity index (χ3v) is 4.52. The van der Waals surface area contributed by atoms with Crippen molar-refractivity contribution in [3.8, 4) is 17.3 Å². The van der Waals surface area contributed by atoms with E-state index in [1.807, 2.05) is 49.9 Å². The molecule has 1 N–H and O–H groups in total. The molecule has 7 nitrogen and oxygen atoms in total. The van der Waals surface area contributed by atoms with E-state index >= 15 is 0 Å². The highest BCUT2D eigenvalue weighted by Crippen LogP contribution is 2.24. The Morgan fingerprint density at radius 1 is 1.41 bits per heavy atom. The van der Waals surface area contributed by atoms with Crippen molar-refractivity contribution in [2.75, 3.05) is 0 Å². The first kappa shape index (κ1) is 18.7. The van der Waals surface area contributed by atoms with Gasteiger partial charge in [0.1, 0.15) is 17.6 Å². The zero-order valence-electron chi connectivity index (χ0n) is 15.3. The second kappa shape index (κ2) is 7.64. The summed E-state index contributed by atoms with van der Waals surface area (Å²) in [6.07, 6.45) is 3.55. The summed E-state index contributed by atoms with van der Waals surface area (Å²) in [6, 6.07) is 8.99. The zero-order valence-corrected chi connectivity index (χ0v) is 16.0. The van der Waals surface area contributed by atoms with Gasteiger partial charge in [-0.05, 0) is 32.0 Å². The molecule has 1 atom stereocenters. The van der Waals surface area contributed by atoms with Gasteiger partial charge in [-0.25, -0.2) is 4.98 Å². The number of carbonyl (C=O) groups is 1. The van der Waals surface area contributed by atoms with Gasteiger partial charge in [0.25, 0.3) is 5.91 Å². The average molecular weight is 383 g/mol. The van der Waals surface area contributed by atoms with E-state index < -0.39 is 0 Å². The summed E-state index contributed by atoms with van der Waals surface area (Å²) in [4.78, 5) is 16.5. The van der Waals surface area contributed by atoms with Crippen LogP contribution in [0.4, 0.5) is 0 Å². The second-order valence-corrected chi connectivity index (χ2v) is 6.80. The third-order valence-electron chi connectivity index (χ3n) is 4.21. The molecule has 27 heavy (non-hydrogen) atoms. The summed E-state index contributed by atoms with van der Waals surface area (Å²) >= 11 is 6.09. The highest BCUT2D eigenvalue weighted by Gasteiger charge is 2.14. The molecule has 0 bridgehead atoms. The van der Waals surface area contributed by atoms with Gasteiger partial charge in [-0.2, -0.15) is 10.4 Å². The van der Waals surface area contributed by atoms with Crippen LogP contribution < -0.4 is 5.32 Å². The minimum atomic E-state index is -0.211. The number of amides is 1. The maximum atomic E-state index is 12.3. The summed E-state index contributed by atoms with van der Waals surface area (Å²) in [7, 11) is 1.85. The number of imidazole rings is 1. The molecule has 3 rings (SSSR count). The number of aryl methyl sites for hydroxylation is 2. The molecule has 0 fully saturated rings. The predicted octanol–water partition coefficient (Wildman–Crippen LogP) is 2.94. The lowest BCUT2D eigenvalue weighted by atomic mass is 10.1. The van der Waals surface area contributed by atoms with Gasteiger partial charge in [0.2, 0.25) is 0 Å². The van der Waals surface area contributed by atoms with Crippen LogP contribution in [-0.2, 0) is 13.6 Å². The number of nitrogens with zero attached hydrogens (tertiary/aromatic N) is 5. The fourth-order valence-electron chi connectivity index (χ4n) is 2.67. The normalized spacial score (nSPS) is 11.8. The first-order valence-electron chi connectivity index (χ1n) is 8.41. The lowest BCUT2D eigenvalue weighted by Crippen LogP contribution is -2.36. The van der Waals surface area contributed by atoms with Crippen molar-refractivity contribution in [2.24, 2.45) is 7.05 Å². The van der Waals surface area contributed by atoms with Crippen LogP contribution in [0, 0.1) is 18.3 Å². The van der Waals surface area contributed by atoms with Crippen molar-refractivity contribution >= 4 is 17.5 Å². The number of halogens is 1. The van der Waals surface area contributed by atoms with E-state index in [9.17, 15) is 4.79 Å². The predicted molar refractivity (Wildman–Crippen MR) is 102 cm³/mol. The van der Waals surface area contributed by atoms with Crippen LogP contribution in [0.2, 0.25) is 5.02 Å². The molecule has 1 unspecified atom stereocenters. The Morgan fingerprint density at radius 2 is 2.19 bits per heavy atom. The van der Waals surface area contributed by atoms with E-state index in [1.165, 1.54) is 0 Å². The van der Waals surface area contributed by atoms with E-state index in [2.05, 4.69) is 15.4 Å². The maximum absolute atomic E-state index is 12.3. The topological polar surface area (TPSA) is 88.5 Å². The number of nitriles is 1. The number of carbonyl (C=O) groups excluding carboxylic acids is 1. The molecule has 1 aromatic carbocycles. The van der Waals surface area contributed by atoms with Crippen LogP contribution >= 0.6 is 11.6 Å². The summed E-state index contributed by atoms with van der Waals surface area (Å²) in [5.74, 6) is 0.572. The zero-order chi connectivity index (χ0) is 19.6. The van der Waals surface area contributed by atoms with Gasteiger partial charge in [0.15, 0.2) is 0 Å². The van der Waals surface area contributed by atoms with E-state index in [4.69, 9.17) is 16.9 Å². The summed E-state index contributed by atoms with van der Waals surface area (Å²) in [6.45, 7) is 4.27. The number of aromatic nitrogens is 4. The van der Waals surface area contributed by atoms with Crippen LogP contribution in [0.3, 0.4) is 0 Å². The van der Waals surface area contributed by atoms with E-state index in [1.54, 1.807) is 23.0 Å². The molecule has 3 aromatic rings. The first-order valence-corrected chi connectivity index (χ1v) is 8.79. The van der Waals surface area contributed by atoms with Crippen molar-refractivity contribution in [3.63, 3.8) is 0 Å². The van der Waals surface area contributed by atoms with Crippen molar-refractivity contribution in [2.45, 2.75) is 26.4 Å². The minimum Gasteiger partial charge on any atom is -0.346 e. The fraction of sp³-hybridized carbons (Fsp3) is 0.263. The van der Waals surface area contributed by atoms with Gasteiger partial charge in [-0.15, -0.1) is 0 Å². The molecule has 0 radical (unpaired) electrons. The van der Waals surface area contributed by atoms with Gasteiger partial charge in [0.05, 0.1) is 22.8 Å². The molecule has 0 spiro atoms. The molecule has 0 saturated carbocycles. The maximum Gasteiger partial charge on any atom is 0.271 e. The number of benzene rings is 1. The quantitative estimate of drug-likeness (QED) is 0.734. The Bertz CT molecular complexity index is 1010. The monoisotopic (exact) mass is 382 g/mol. The molecular weight excluding hydrogens is 364 g/mol. The van der Waals surface area contributed by atoms with Gasteiger partial charge in [-0.1, -0.05) is 17.7 Å². The van der Waals surface area contributed by atoms with Crippen LogP contribution in [-0.4, -0.2) is 31.3 Å². The summed E-state index contributed by atoms with van der Waals surface area (Å²) in [5.41, 5.74) is 2.41. The van der Waals surface area contributed by atoms with Crippen molar-refractivity contribution in [3.05, 3.63) is 58.8 Å². The van der Waals surface area contributed by atoms with Crippen LogP contribution in [0.1, 0.15) is 28.8 Å². The van der Waals surface area contributed by atoms with Gasteiger partial charge >= 0.3 is 0 Å². The minimum absolute atomic E-state index is 0.128. The molecule has 2 aromatic heterocycles.